The minimum absolute atomic E-state index is 0.0952. The van der Waals surface area contributed by atoms with Crippen LogP contribution in [-0.2, 0) is 4.79 Å². The molecule has 0 atom stereocenters. The quantitative estimate of drug-likeness (QED) is 0.446. The van der Waals surface area contributed by atoms with Crippen LogP contribution in [0.4, 0.5) is 5.88 Å². The van der Waals surface area contributed by atoms with Crippen LogP contribution in [0.15, 0.2) is 28.3 Å². The molecular formula is C25H26N2O2S2. The number of hydrogen-bond donors (Lipinski definition) is 1. The summed E-state index contributed by atoms with van der Waals surface area (Å²) in [6, 6.07) is 6.62. The second kappa shape index (κ2) is 7.81. The Hall–Kier alpha value is -2.62. The summed E-state index contributed by atoms with van der Waals surface area (Å²) >= 11 is 3.44. The number of ketones is 1. The maximum Gasteiger partial charge on any atom is 0.216 e. The van der Waals surface area contributed by atoms with Crippen molar-refractivity contribution in [2.45, 2.75) is 54.4 Å². The van der Waals surface area contributed by atoms with Crippen LogP contribution in [0.25, 0.3) is 22.5 Å². The number of nitriles is 1. The second-order valence-electron chi connectivity index (χ2n) is 9.05. The first-order chi connectivity index (χ1) is 14.6. The third-order valence-corrected chi connectivity index (χ3v) is 7.48. The third-order valence-electron chi connectivity index (χ3n) is 5.55. The van der Waals surface area contributed by atoms with Gasteiger partial charge in [-0.1, -0.05) is 13.8 Å². The smallest absolute Gasteiger partial charge is 0.216 e. The molecule has 4 nitrogen and oxygen atoms in total. The Bertz CT molecular complexity index is 1260. The van der Waals surface area contributed by atoms with Gasteiger partial charge in [-0.2, -0.15) is 5.26 Å². The summed E-state index contributed by atoms with van der Waals surface area (Å²) in [6.07, 6.45) is 2.90. The summed E-state index contributed by atoms with van der Waals surface area (Å²) in [5.74, 6) is 1.22. The average Bonchev–Trinajstić information content (AvgIpc) is 3.27. The summed E-state index contributed by atoms with van der Waals surface area (Å²) < 4.78 is 6.37. The van der Waals surface area contributed by atoms with E-state index in [1.54, 1.807) is 28.7 Å². The molecule has 1 aliphatic rings. The fourth-order valence-electron chi connectivity index (χ4n) is 4.38. The van der Waals surface area contributed by atoms with E-state index in [1.165, 1.54) is 9.75 Å². The molecule has 0 fully saturated rings. The van der Waals surface area contributed by atoms with Crippen LogP contribution in [0.2, 0.25) is 0 Å². The molecule has 6 heteroatoms. The Kier molecular flexibility index (Phi) is 5.45. The number of carbonyl (C=O) groups is 1. The first-order valence-electron chi connectivity index (χ1n) is 10.3. The Morgan fingerprint density at radius 3 is 2.16 bits per heavy atom. The molecule has 0 spiro atoms. The molecule has 160 valence electrons. The maximum absolute atomic E-state index is 12.2. The van der Waals surface area contributed by atoms with Gasteiger partial charge in [-0.3, -0.25) is 4.79 Å². The van der Waals surface area contributed by atoms with Gasteiger partial charge in [0, 0.05) is 54.4 Å². The van der Waals surface area contributed by atoms with Crippen molar-refractivity contribution in [2.24, 2.45) is 5.41 Å². The van der Waals surface area contributed by atoms with E-state index in [0.717, 1.165) is 38.6 Å². The van der Waals surface area contributed by atoms with Gasteiger partial charge in [-0.25, -0.2) is 0 Å². The molecule has 4 rings (SSSR count). The SMILES string of the molecule is Cc1cc(-c2oc(NC3=CC(=O)CC(C)(C)C3)c(C#N)c2-c2cc(C)sc2C)c(C)s1. The number of hydrogen-bond acceptors (Lipinski definition) is 6. The number of rotatable bonds is 4. The van der Waals surface area contributed by atoms with Gasteiger partial charge >= 0.3 is 0 Å². The Morgan fingerprint density at radius 1 is 1.03 bits per heavy atom. The highest BCUT2D eigenvalue weighted by atomic mass is 32.1. The Morgan fingerprint density at radius 2 is 1.65 bits per heavy atom. The zero-order valence-electron chi connectivity index (χ0n) is 18.7. The predicted octanol–water partition coefficient (Wildman–Crippen LogP) is 7.53. The number of nitrogens with one attached hydrogen (secondary N) is 1. The first kappa shape index (κ1) is 21.6. The summed E-state index contributed by atoms with van der Waals surface area (Å²) in [7, 11) is 0. The zero-order chi connectivity index (χ0) is 22.5. The number of nitrogens with zero attached hydrogens (tertiary/aromatic N) is 1. The highest BCUT2D eigenvalue weighted by molar-refractivity contribution is 7.12. The van der Waals surface area contributed by atoms with Crippen LogP contribution in [0.1, 0.15) is 51.8 Å². The molecule has 3 aromatic heterocycles. The van der Waals surface area contributed by atoms with Crippen molar-refractivity contribution in [2.75, 3.05) is 5.32 Å². The lowest BCUT2D eigenvalue weighted by atomic mass is 9.79. The third kappa shape index (κ3) is 4.13. The molecule has 0 amide bonds. The van der Waals surface area contributed by atoms with Gasteiger partial charge < -0.3 is 9.73 Å². The molecule has 0 aliphatic heterocycles. The fourth-order valence-corrected chi connectivity index (χ4v) is 6.23. The molecule has 0 radical (unpaired) electrons. The molecule has 1 N–H and O–H groups in total. The molecule has 0 saturated heterocycles. The van der Waals surface area contributed by atoms with Gasteiger partial charge in [0.2, 0.25) is 5.88 Å². The van der Waals surface area contributed by atoms with Crippen molar-refractivity contribution in [1.82, 2.24) is 0 Å². The summed E-state index contributed by atoms with van der Waals surface area (Å²) in [6.45, 7) is 12.5. The van der Waals surface area contributed by atoms with Crippen LogP contribution < -0.4 is 5.32 Å². The monoisotopic (exact) mass is 450 g/mol. The van der Waals surface area contributed by atoms with E-state index in [4.69, 9.17) is 4.42 Å². The molecule has 0 saturated carbocycles. The van der Waals surface area contributed by atoms with Crippen molar-refractivity contribution < 1.29 is 9.21 Å². The molecule has 31 heavy (non-hydrogen) atoms. The van der Waals surface area contributed by atoms with E-state index >= 15 is 0 Å². The standard InChI is InChI=1S/C25H26N2O2S2/c1-13-7-19(15(3)30-13)22-21(12-26)24(27-17-9-18(28)11-25(5,6)10-17)29-23(22)20-8-14(2)31-16(20)4/h7-9,27H,10-11H2,1-6H3. The van der Waals surface area contributed by atoms with Crippen LogP contribution in [0.3, 0.4) is 0 Å². The van der Waals surface area contributed by atoms with Crippen LogP contribution in [0, 0.1) is 44.4 Å². The Balaban J connectivity index is 1.91. The molecule has 3 aromatic rings. The molecule has 0 bridgehead atoms. The van der Waals surface area contributed by atoms with Crippen molar-refractivity contribution in [3.63, 3.8) is 0 Å². The number of carbonyl (C=O) groups excluding carboxylic acids is 1. The summed E-state index contributed by atoms with van der Waals surface area (Å²) in [4.78, 5) is 16.9. The fraction of sp³-hybridized carbons (Fsp3) is 0.360. The zero-order valence-corrected chi connectivity index (χ0v) is 20.4. The van der Waals surface area contributed by atoms with E-state index in [9.17, 15) is 10.1 Å². The van der Waals surface area contributed by atoms with Crippen LogP contribution in [0.5, 0.6) is 0 Å². The average molecular weight is 451 g/mol. The van der Waals surface area contributed by atoms with Gasteiger partial charge in [0.15, 0.2) is 5.78 Å². The van der Waals surface area contributed by atoms with Gasteiger partial charge in [0.05, 0.1) is 0 Å². The molecule has 0 aromatic carbocycles. The minimum Gasteiger partial charge on any atom is -0.438 e. The minimum atomic E-state index is -0.124. The van der Waals surface area contributed by atoms with Gasteiger partial charge in [0.1, 0.15) is 17.4 Å². The van der Waals surface area contributed by atoms with Crippen molar-refractivity contribution in [3.8, 4) is 28.5 Å². The molecular weight excluding hydrogens is 424 g/mol. The van der Waals surface area contributed by atoms with E-state index < -0.39 is 0 Å². The van der Waals surface area contributed by atoms with Crippen molar-refractivity contribution in [1.29, 1.82) is 5.26 Å². The number of allylic oxidation sites excluding steroid dienone is 2. The lowest BCUT2D eigenvalue weighted by molar-refractivity contribution is -0.117. The number of thiophene rings is 2. The molecule has 0 unspecified atom stereocenters. The van der Waals surface area contributed by atoms with Crippen molar-refractivity contribution in [3.05, 3.63) is 49.0 Å². The van der Waals surface area contributed by atoms with E-state index in [-0.39, 0.29) is 11.2 Å². The Labute approximate surface area is 191 Å². The van der Waals surface area contributed by atoms with Crippen LogP contribution in [-0.4, -0.2) is 5.78 Å². The largest absolute Gasteiger partial charge is 0.438 e. The molecule has 1 aliphatic carbocycles. The van der Waals surface area contributed by atoms with Crippen molar-refractivity contribution >= 4 is 34.3 Å². The molecule has 3 heterocycles. The van der Waals surface area contributed by atoms with E-state index in [1.807, 2.05) is 0 Å². The highest BCUT2D eigenvalue weighted by Crippen LogP contribution is 2.47. The maximum atomic E-state index is 12.2. The van der Waals surface area contributed by atoms with E-state index in [2.05, 4.69) is 65.1 Å². The number of furan rings is 1. The lowest BCUT2D eigenvalue weighted by Gasteiger charge is -2.28. The summed E-state index contributed by atoms with van der Waals surface area (Å²) in [5, 5.41) is 13.4. The van der Waals surface area contributed by atoms with Gasteiger partial charge in [-0.15, -0.1) is 22.7 Å². The van der Waals surface area contributed by atoms with E-state index in [0.29, 0.717) is 23.6 Å². The predicted molar refractivity (Wildman–Crippen MR) is 129 cm³/mol. The lowest BCUT2D eigenvalue weighted by Crippen LogP contribution is -2.24. The topological polar surface area (TPSA) is 66.0 Å². The number of anilines is 1. The number of aryl methyl sites for hydroxylation is 4. The second-order valence-corrected chi connectivity index (χ2v) is 12.0. The van der Waals surface area contributed by atoms with Gasteiger partial charge in [-0.05, 0) is 51.7 Å². The van der Waals surface area contributed by atoms with Crippen LogP contribution >= 0.6 is 22.7 Å². The first-order valence-corrected chi connectivity index (χ1v) is 11.9. The normalized spacial score (nSPS) is 15.6. The summed E-state index contributed by atoms with van der Waals surface area (Å²) in [5.41, 5.74) is 4.02. The van der Waals surface area contributed by atoms with Gasteiger partial charge in [0.25, 0.3) is 0 Å². The highest BCUT2D eigenvalue weighted by Gasteiger charge is 2.31.